The Morgan fingerprint density at radius 1 is 1.00 bits per heavy atom. The molecule has 1 amide bonds. The number of methoxy groups -OCH3 is 3. The van der Waals surface area contributed by atoms with Crippen LogP contribution < -0.4 is 19.5 Å². The molecule has 2 aromatic rings. The van der Waals surface area contributed by atoms with E-state index in [2.05, 4.69) is 5.32 Å². The minimum atomic E-state index is -1.36. The van der Waals surface area contributed by atoms with E-state index in [1.807, 2.05) is 0 Å². The lowest BCUT2D eigenvalue weighted by Crippen LogP contribution is -2.34. The van der Waals surface area contributed by atoms with Crippen molar-refractivity contribution >= 4 is 11.9 Å². The molecule has 0 saturated carbocycles. The number of amides is 1. The fourth-order valence-electron chi connectivity index (χ4n) is 2.68. The van der Waals surface area contributed by atoms with Gasteiger partial charge in [-0.2, -0.15) is 0 Å². The number of halogens is 1. The number of carbonyl (C=O) groups is 2. The number of benzene rings is 2. The molecule has 1 unspecified atom stereocenters. The Hall–Kier alpha value is -3.29. The maximum Gasteiger partial charge on any atom is 0.330 e. The third-order valence-electron chi connectivity index (χ3n) is 4.15. The molecule has 0 saturated heterocycles. The van der Waals surface area contributed by atoms with Crippen molar-refractivity contribution in [3.05, 3.63) is 53.3 Å². The van der Waals surface area contributed by atoms with E-state index in [9.17, 15) is 19.1 Å². The first-order valence-electron chi connectivity index (χ1n) is 8.46. The van der Waals surface area contributed by atoms with Crippen LogP contribution in [0.3, 0.4) is 0 Å². The summed E-state index contributed by atoms with van der Waals surface area (Å²) in [4.78, 5) is 23.8. The Kier molecular flexibility index (Phi) is 7.20. The average molecular weight is 391 g/mol. The van der Waals surface area contributed by atoms with Gasteiger partial charge in [-0.1, -0.05) is 12.1 Å². The number of hydrogen-bond acceptors (Lipinski definition) is 5. The lowest BCUT2D eigenvalue weighted by Gasteiger charge is -2.16. The number of carboxylic acids is 1. The molecule has 2 aromatic carbocycles. The molecule has 0 spiro atoms. The second kappa shape index (κ2) is 9.59. The van der Waals surface area contributed by atoms with Gasteiger partial charge in [-0.25, -0.2) is 9.18 Å². The van der Waals surface area contributed by atoms with Crippen molar-refractivity contribution in [1.29, 1.82) is 0 Å². The van der Waals surface area contributed by atoms with Gasteiger partial charge in [-0.05, 0) is 41.8 Å². The Labute approximate surface area is 162 Å². The molecule has 8 heteroatoms. The second-order valence-corrected chi connectivity index (χ2v) is 5.92. The summed E-state index contributed by atoms with van der Waals surface area (Å²) < 4.78 is 29.1. The Morgan fingerprint density at radius 3 is 2.21 bits per heavy atom. The summed E-state index contributed by atoms with van der Waals surface area (Å²) in [5.74, 6) is -1.36. The van der Waals surface area contributed by atoms with Crippen LogP contribution in [0, 0.1) is 5.82 Å². The number of rotatable bonds is 9. The molecule has 7 nitrogen and oxygen atoms in total. The van der Waals surface area contributed by atoms with Crippen molar-refractivity contribution in [2.24, 2.45) is 0 Å². The number of aryl methyl sites for hydroxylation is 1. The highest BCUT2D eigenvalue weighted by atomic mass is 19.1. The maximum atomic E-state index is 13.9. The van der Waals surface area contributed by atoms with Crippen LogP contribution >= 0.6 is 0 Å². The molecule has 2 rings (SSSR count). The summed E-state index contributed by atoms with van der Waals surface area (Å²) in [5.41, 5.74) is 0.945. The summed E-state index contributed by atoms with van der Waals surface area (Å²) in [6.45, 7) is 0. The summed E-state index contributed by atoms with van der Waals surface area (Å²) >= 11 is 0. The standard InChI is InChI=1S/C20H22FNO6/c1-26-15-8-6-13(11-14(15)21)19(20(24)25)22-18(23)9-5-12-4-7-16(27-2)17(10-12)28-3/h4,6-8,10-11,19H,5,9H2,1-3H3,(H,22,23)(H,24,25). The maximum absolute atomic E-state index is 13.9. The van der Waals surface area contributed by atoms with E-state index in [1.54, 1.807) is 18.2 Å². The Morgan fingerprint density at radius 2 is 1.64 bits per heavy atom. The lowest BCUT2D eigenvalue weighted by atomic mass is 10.1. The van der Waals surface area contributed by atoms with Crippen molar-refractivity contribution in [2.75, 3.05) is 21.3 Å². The fourth-order valence-corrected chi connectivity index (χ4v) is 2.68. The largest absolute Gasteiger partial charge is 0.494 e. The number of nitrogens with one attached hydrogen (secondary N) is 1. The van der Waals surface area contributed by atoms with Gasteiger partial charge >= 0.3 is 5.97 Å². The van der Waals surface area contributed by atoms with E-state index in [-0.39, 0.29) is 17.7 Å². The first-order chi connectivity index (χ1) is 13.4. The molecule has 0 aliphatic rings. The molecule has 150 valence electrons. The van der Waals surface area contributed by atoms with E-state index < -0.39 is 23.7 Å². The van der Waals surface area contributed by atoms with Gasteiger partial charge in [-0.3, -0.25) is 4.79 Å². The van der Waals surface area contributed by atoms with Crippen LogP contribution in [-0.4, -0.2) is 38.3 Å². The number of ether oxygens (including phenoxy) is 3. The van der Waals surface area contributed by atoms with Crippen molar-refractivity contribution < 1.29 is 33.3 Å². The highest BCUT2D eigenvalue weighted by molar-refractivity contribution is 5.84. The van der Waals surface area contributed by atoms with Crippen LogP contribution in [0.1, 0.15) is 23.6 Å². The fraction of sp³-hybridized carbons (Fsp3) is 0.300. The highest BCUT2D eigenvalue weighted by Crippen LogP contribution is 2.28. The topological polar surface area (TPSA) is 94.1 Å². The molecule has 0 fully saturated rings. The number of hydrogen-bond donors (Lipinski definition) is 2. The van der Waals surface area contributed by atoms with Crippen LogP contribution in [0.5, 0.6) is 17.2 Å². The van der Waals surface area contributed by atoms with E-state index in [1.165, 1.54) is 33.5 Å². The van der Waals surface area contributed by atoms with E-state index in [0.717, 1.165) is 11.6 Å². The summed E-state index contributed by atoms with van der Waals surface area (Å²) in [5, 5.41) is 11.8. The van der Waals surface area contributed by atoms with E-state index in [0.29, 0.717) is 17.9 Å². The second-order valence-electron chi connectivity index (χ2n) is 5.92. The molecule has 0 aliphatic carbocycles. The average Bonchev–Trinajstić information content (AvgIpc) is 2.69. The van der Waals surface area contributed by atoms with Crippen molar-refractivity contribution in [3.63, 3.8) is 0 Å². The van der Waals surface area contributed by atoms with Crippen molar-refractivity contribution in [2.45, 2.75) is 18.9 Å². The van der Waals surface area contributed by atoms with Crippen LogP contribution in [0.15, 0.2) is 36.4 Å². The minimum Gasteiger partial charge on any atom is -0.494 e. The Balaban J connectivity index is 2.05. The Bertz CT molecular complexity index is 855. The zero-order chi connectivity index (χ0) is 20.7. The molecule has 0 aliphatic heterocycles. The number of carbonyl (C=O) groups excluding carboxylic acids is 1. The molecular formula is C20H22FNO6. The highest BCUT2D eigenvalue weighted by Gasteiger charge is 2.23. The van der Waals surface area contributed by atoms with Crippen LogP contribution in [0.4, 0.5) is 4.39 Å². The van der Waals surface area contributed by atoms with Gasteiger partial charge in [0.25, 0.3) is 0 Å². The van der Waals surface area contributed by atoms with Gasteiger partial charge in [0.2, 0.25) is 5.91 Å². The zero-order valence-electron chi connectivity index (χ0n) is 15.8. The molecule has 0 heterocycles. The van der Waals surface area contributed by atoms with Gasteiger partial charge in [-0.15, -0.1) is 0 Å². The van der Waals surface area contributed by atoms with E-state index in [4.69, 9.17) is 14.2 Å². The summed E-state index contributed by atoms with van der Waals surface area (Å²) in [6.07, 6.45) is 0.424. The zero-order valence-corrected chi connectivity index (χ0v) is 15.8. The number of aliphatic carboxylic acids is 1. The van der Waals surface area contributed by atoms with Gasteiger partial charge in [0.05, 0.1) is 21.3 Å². The summed E-state index contributed by atoms with van der Waals surface area (Å²) in [7, 11) is 4.35. The lowest BCUT2D eigenvalue weighted by molar-refractivity contribution is -0.142. The first-order valence-corrected chi connectivity index (χ1v) is 8.46. The van der Waals surface area contributed by atoms with Gasteiger partial charge in [0.1, 0.15) is 0 Å². The SMILES string of the molecule is COc1ccc(C(NC(=O)CCc2ccc(OC)c(OC)c2)C(=O)O)cc1F. The van der Waals surface area contributed by atoms with Crippen LogP contribution in [-0.2, 0) is 16.0 Å². The molecule has 2 N–H and O–H groups in total. The van der Waals surface area contributed by atoms with Gasteiger partial charge in [0.15, 0.2) is 29.1 Å². The number of carboxylic acid groups (broad SMARTS) is 1. The predicted octanol–water partition coefficient (Wildman–Crippen LogP) is 2.73. The third kappa shape index (κ3) is 5.12. The summed E-state index contributed by atoms with van der Waals surface area (Å²) in [6, 6.07) is 7.66. The van der Waals surface area contributed by atoms with Gasteiger partial charge in [0, 0.05) is 6.42 Å². The first kappa shape index (κ1) is 21.0. The third-order valence-corrected chi connectivity index (χ3v) is 4.15. The quantitative estimate of drug-likeness (QED) is 0.683. The molecule has 28 heavy (non-hydrogen) atoms. The van der Waals surface area contributed by atoms with Crippen molar-refractivity contribution in [1.82, 2.24) is 5.32 Å². The molecular weight excluding hydrogens is 369 g/mol. The van der Waals surface area contributed by atoms with Crippen LogP contribution in [0.2, 0.25) is 0 Å². The molecule has 0 bridgehead atoms. The van der Waals surface area contributed by atoms with Gasteiger partial charge < -0.3 is 24.6 Å². The predicted molar refractivity (Wildman–Crippen MR) is 99.3 cm³/mol. The minimum absolute atomic E-state index is 0.00679. The monoisotopic (exact) mass is 391 g/mol. The smallest absolute Gasteiger partial charge is 0.330 e. The molecule has 0 aromatic heterocycles. The molecule has 0 radical (unpaired) electrons. The van der Waals surface area contributed by atoms with Crippen molar-refractivity contribution in [3.8, 4) is 17.2 Å². The van der Waals surface area contributed by atoms with Crippen LogP contribution in [0.25, 0.3) is 0 Å². The van der Waals surface area contributed by atoms with E-state index >= 15 is 0 Å². The normalized spacial score (nSPS) is 11.4. The molecule has 1 atom stereocenters.